The molecule has 35 heavy (non-hydrogen) atoms. The molecule has 1 fully saturated rings. The third kappa shape index (κ3) is 6.01. The molecule has 0 spiro atoms. The van der Waals surface area contributed by atoms with E-state index in [0.717, 1.165) is 35.2 Å². The van der Waals surface area contributed by atoms with Crippen molar-refractivity contribution in [1.29, 1.82) is 0 Å². The summed E-state index contributed by atoms with van der Waals surface area (Å²) in [5.74, 6) is -0.807. The quantitative estimate of drug-likeness (QED) is 0.227. The summed E-state index contributed by atoms with van der Waals surface area (Å²) in [6.45, 7) is 0. The van der Waals surface area contributed by atoms with E-state index >= 15 is 0 Å². The summed E-state index contributed by atoms with van der Waals surface area (Å²) in [6.07, 6.45) is 2.81. The van der Waals surface area contributed by atoms with Crippen LogP contribution in [0.3, 0.4) is 0 Å². The zero-order valence-electron chi connectivity index (χ0n) is 18.1. The molecule has 2 aromatic heterocycles. The van der Waals surface area contributed by atoms with E-state index in [1.165, 1.54) is 23.5 Å². The van der Waals surface area contributed by atoms with Crippen LogP contribution in [-0.2, 0) is 16.7 Å². The van der Waals surface area contributed by atoms with Crippen molar-refractivity contribution in [2.24, 2.45) is 0 Å². The molecule has 1 aliphatic rings. The van der Waals surface area contributed by atoms with Gasteiger partial charge >= 0.3 is 10.3 Å². The standard InChI is InChI=1S/C23H20F2N4O3S3/c24-15-5-8-17(18(25)10-15)21-12-34-23(28-21)27-19(22-26-20(11-33-22)14-3-4-14)9-13-1-6-16(7-2-13)29-35(30,31)32/h1-2,5-8,10-12,14,19,29H,3-4,9H2,(H,27,28)(H,30,31,32)/t19-/m0/s1. The number of rotatable bonds is 9. The molecule has 2 heterocycles. The van der Waals surface area contributed by atoms with Crippen LogP contribution in [-0.4, -0.2) is 22.9 Å². The van der Waals surface area contributed by atoms with Crippen molar-refractivity contribution in [2.75, 3.05) is 10.0 Å². The van der Waals surface area contributed by atoms with Gasteiger partial charge in [0.25, 0.3) is 0 Å². The number of thiazole rings is 2. The van der Waals surface area contributed by atoms with Gasteiger partial charge in [-0.1, -0.05) is 12.1 Å². The van der Waals surface area contributed by atoms with Crippen molar-refractivity contribution in [2.45, 2.75) is 31.2 Å². The fraction of sp³-hybridized carbons (Fsp3) is 0.217. The molecule has 182 valence electrons. The van der Waals surface area contributed by atoms with Crippen LogP contribution in [0.4, 0.5) is 19.6 Å². The van der Waals surface area contributed by atoms with E-state index in [1.54, 1.807) is 41.0 Å². The van der Waals surface area contributed by atoms with E-state index in [1.807, 2.05) is 4.72 Å². The second kappa shape index (κ2) is 9.61. The van der Waals surface area contributed by atoms with Crippen LogP contribution in [0.1, 0.15) is 41.1 Å². The van der Waals surface area contributed by atoms with Gasteiger partial charge in [0.15, 0.2) is 5.13 Å². The Morgan fingerprint density at radius 1 is 1.06 bits per heavy atom. The number of hydrogen-bond donors (Lipinski definition) is 3. The average Bonchev–Trinajstić information content (AvgIpc) is 3.34. The van der Waals surface area contributed by atoms with Gasteiger partial charge in [0.2, 0.25) is 0 Å². The normalized spacial score (nSPS) is 14.6. The largest absolute Gasteiger partial charge is 0.357 e. The molecular weight excluding hydrogens is 514 g/mol. The fourth-order valence-corrected chi connectivity index (χ4v) is 5.78. The summed E-state index contributed by atoms with van der Waals surface area (Å²) < 4.78 is 60.6. The van der Waals surface area contributed by atoms with E-state index in [-0.39, 0.29) is 17.3 Å². The fourth-order valence-electron chi connectivity index (χ4n) is 3.63. The summed E-state index contributed by atoms with van der Waals surface area (Å²) in [7, 11) is -4.35. The number of anilines is 2. The van der Waals surface area contributed by atoms with Crippen molar-refractivity contribution in [3.63, 3.8) is 0 Å². The van der Waals surface area contributed by atoms with E-state index in [4.69, 9.17) is 9.54 Å². The van der Waals surface area contributed by atoms with Gasteiger partial charge in [0.05, 0.1) is 23.1 Å². The first kappa shape index (κ1) is 23.8. The maximum Gasteiger partial charge on any atom is 0.357 e. The second-order valence-corrected chi connectivity index (χ2v) is 11.1. The lowest BCUT2D eigenvalue weighted by Gasteiger charge is -2.16. The molecule has 0 aliphatic heterocycles. The molecule has 5 rings (SSSR count). The Balaban J connectivity index is 1.38. The molecule has 12 heteroatoms. The van der Waals surface area contributed by atoms with Crippen molar-refractivity contribution in [3.05, 3.63) is 81.1 Å². The van der Waals surface area contributed by atoms with Gasteiger partial charge in [-0.3, -0.25) is 9.27 Å². The van der Waals surface area contributed by atoms with Crippen LogP contribution < -0.4 is 10.0 Å². The number of aromatic nitrogens is 2. The van der Waals surface area contributed by atoms with Gasteiger partial charge in [-0.25, -0.2) is 18.7 Å². The van der Waals surface area contributed by atoms with Crippen molar-refractivity contribution >= 4 is 43.8 Å². The first-order chi connectivity index (χ1) is 16.7. The minimum atomic E-state index is -4.35. The first-order valence-corrected chi connectivity index (χ1v) is 13.9. The Bertz CT molecular complexity index is 1450. The molecule has 1 aliphatic carbocycles. The van der Waals surface area contributed by atoms with Crippen LogP contribution >= 0.6 is 22.7 Å². The van der Waals surface area contributed by atoms with Crippen LogP contribution in [0.5, 0.6) is 0 Å². The van der Waals surface area contributed by atoms with E-state index in [0.29, 0.717) is 23.2 Å². The monoisotopic (exact) mass is 534 g/mol. The van der Waals surface area contributed by atoms with E-state index < -0.39 is 21.9 Å². The van der Waals surface area contributed by atoms with Crippen molar-refractivity contribution in [3.8, 4) is 11.3 Å². The second-order valence-electron chi connectivity index (χ2n) is 8.22. The van der Waals surface area contributed by atoms with Crippen molar-refractivity contribution in [1.82, 2.24) is 9.97 Å². The van der Waals surface area contributed by atoms with Gasteiger partial charge in [-0.05, 0) is 49.1 Å². The van der Waals surface area contributed by atoms with Crippen LogP contribution in [0.15, 0.2) is 53.2 Å². The summed E-state index contributed by atoms with van der Waals surface area (Å²) >= 11 is 2.87. The van der Waals surface area contributed by atoms with Crippen molar-refractivity contribution < 1.29 is 21.8 Å². The van der Waals surface area contributed by atoms with Crippen LogP contribution in [0, 0.1) is 11.6 Å². The molecule has 0 saturated heterocycles. The molecule has 3 N–H and O–H groups in total. The van der Waals surface area contributed by atoms with Gasteiger partial charge in [-0.2, -0.15) is 8.42 Å². The highest BCUT2D eigenvalue weighted by Crippen LogP contribution is 2.41. The molecule has 0 amide bonds. The first-order valence-electron chi connectivity index (χ1n) is 10.7. The molecule has 0 bridgehead atoms. The van der Waals surface area contributed by atoms with Gasteiger partial charge in [0.1, 0.15) is 16.6 Å². The minimum Gasteiger partial charge on any atom is -0.352 e. The Hall–Kier alpha value is -2.93. The highest BCUT2D eigenvalue weighted by Gasteiger charge is 2.28. The predicted molar refractivity (Wildman–Crippen MR) is 133 cm³/mol. The van der Waals surface area contributed by atoms with Gasteiger partial charge in [-0.15, -0.1) is 22.7 Å². The number of benzene rings is 2. The maximum atomic E-state index is 14.2. The molecule has 0 unspecified atom stereocenters. The highest BCUT2D eigenvalue weighted by atomic mass is 32.2. The number of nitrogens with zero attached hydrogens (tertiary/aromatic N) is 2. The van der Waals surface area contributed by atoms with Crippen LogP contribution in [0.2, 0.25) is 0 Å². The zero-order valence-corrected chi connectivity index (χ0v) is 20.6. The van der Waals surface area contributed by atoms with E-state index in [9.17, 15) is 17.2 Å². The molecule has 1 atom stereocenters. The van der Waals surface area contributed by atoms with Gasteiger partial charge in [0, 0.05) is 28.3 Å². The maximum absolute atomic E-state index is 14.2. The topological polar surface area (TPSA) is 104 Å². The lowest BCUT2D eigenvalue weighted by molar-refractivity contribution is 0.489. The molecule has 0 radical (unpaired) electrons. The molecule has 1 saturated carbocycles. The molecule has 4 aromatic rings. The number of hydrogen-bond acceptors (Lipinski definition) is 7. The Labute approximate surface area is 208 Å². The smallest absolute Gasteiger partial charge is 0.352 e. The SMILES string of the molecule is O=S(=O)(O)Nc1ccc(C[C@H](Nc2nc(-c3ccc(F)cc3F)cs2)c2nc(C3CC3)cs2)cc1. The van der Waals surface area contributed by atoms with E-state index in [2.05, 4.69) is 15.7 Å². The highest BCUT2D eigenvalue weighted by molar-refractivity contribution is 7.87. The molecule has 7 nitrogen and oxygen atoms in total. The Morgan fingerprint density at radius 2 is 1.83 bits per heavy atom. The summed E-state index contributed by atoms with van der Waals surface area (Å²) in [5.41, 5.74) is 2.87. The Morgan fingerprint density at radius 3 is 2.51 bits per heavy atom. The number of nitrogens with one attached hydrogen (secondary N) is 2. The minimum absolute atomic E-state index is 0.222. The summed E-state index contributed by atoms with van der Waals surface area (Å²) in [5, 5.41) is 8.64. The predicted octanol–water partition coefficient (Wildman–Crippen LogP) is 6.03. The Kier molecular flexibility index (Phi) is 6.53. The molecular formula is C23H20F2N4O3S3. The zero-order chi connectivity index (χ0) is 24.6. The number of halogens is 2. The summed E-state index contributed by atoms with van der Waals surface area (Å²) in [6, 6.07) is 9.82. The average molecular weight is 535 g/mol. The lowest BCUT2D eigenvalue weighted by atomic mass is 10.1. The van der Waals surface area contributed by atoms with Crippen LogP contribution in [0.25, 0.3) is 11.3 Å². The summed E-state index contributed by atoms with van der Waals surface area (Å²) in [4.78, 5) is 9.33. The van der Waals surface area contributed by atoms with Gasteiger partial charge < -0.3 is 5.32 Å². The lowest BCUT2D eigenvalue weighted by Crippen LogP contribution is -2.14. The third-order valence-electron chi connectivity index (χ3n) is 5.48. The molecule has 2 aromatic carbocycles. The third-order valence-corrected chi connectivity index (χ3v) is 7.73.